The van der Waals surface area contributed by atoms with Gasteiger partial charge in [0.05, 0.1) is 50.2 Å². The lowest BCUT2D eigenvalue weighted by molar-refractivity contribution is 0.0127. The highest BCUT2D eigenvalue weighted by atomic mass is 16.6. The highest BCUT2D eigenvalue weighted by Gasteiger charge is 2.46. The van der Waals surface area contributed by atoms with Gasteiger partial charge in [0, 0.05) is 10.8 Å². The highest BCUT2D eigenvalue weighted by molar-refractivity contribution is 6.36. The molecule has 13 rings (SSSR count). The summed E-state index contributed by atoms with van der Waals surface area (Å²) in [5.41, 5.74) is 6.17. The number of amides is 4. The number of imide groups is 2. The summed E-state index contributed by atoms with van der Waals surface area (Å²) < 4.78 is 22.9. The Morgan fingerprint density at radius 2 is 0.802 bits per heavy atom. The van der Waals surface area contributed by atoms with Crippen LogP contribution in [0.1, 0.15) is 91.8 Å². The van der Waals surface area contributed by atoms with Gasteiger partial charge in [-0.3, -0.25) is 19.2 Å². The lowest BCUT2D eigenvalue weighted by Crippen LogP contribution is -2.29. The van der Waals surface area contributed by atoms with Crippen LogP contribution in [0.5, 0.6) is 23.0 Å². The van der Waals surface area contributed by atoms with Crippen LogP contribution in [0.15, 0.2) is 206 Å². The third-order valence-corrected chi connectivity index (χ3v) is 15.7. The van der Waals surface area contributed by atoms with E-state index >= 15 is 0 Å². The van der Waals surface area contributed by atoms with Crippen LogP contribution in [-0.4, -0.2) is 94.6 Å². The van der Waals surface area contributed by atoms with Crippen LogP contribution in [0.3, 0.4) is 0 Å². The molecule has 2 atom stereocenters. The minimum absolute atomic E-state index is 0. The molecule has 0 spiro atoms. The van der Waals surface area contributed by atoms with E-state index in [9.17, 15) is 49.2 Å². The molecule has 4 N–H and O–H groups in total. The number of phenolic OH excluding ortho intramolecular Hbond substituents is 2. The van der Waals surface area contributed by atoms with Crippen molar-refractivity contribution in [3.63, 3.8) is 0 Å². The first-order valence-corrected chi connectivity index (χ1v) is 27.1. The van der Waals surface area contributed by atoms with Gasteiger partial charge in [0.25, 0.3) is 23.6 Å². The SMILES string of the molecule is C.O=C(OCC(O)COc1ccc(C2(c3ccc(OCC(O)COC(=O)c4ccc5c(c4)C(=O)N(c4ccc6c(O)cccc6c4)C5=O)cc3)c3ccccc3-c3ccccc32)cc1)c1ccc2c(c1)C(=O)N(c1ccc3c(O)cccc3c1)C2=O. The smallest absolute Gasteiger partial charge is 0.338 e. The molecule has 1 aliphatic carbocycles. The molecule has 86 heavy (non-hydrogen) atoms. The minimum atomic E-state index is -1.23. The van der Waals surface area contributed by atoms with Gasteiger partial charge in [0.1, 0.15) is 61.6 Å². The van der Waals surface area contributed by atoms with Crippen molar-refractivity contribution >= 4 is 68.5 Å². The number of aromatic hydroxyl groups is 2. The summed E-state index contributed by atoms with van der Waals surface area (Å²) >= 11 is 0. The van der Waals surface area contributed by atoms with Crippen molar-refractivity contribution in [1.82, 2.24) is 0 Å². The van der Waals surface area contributed by atoms with Gasteiger partial charge >= 0.3 is 11.9 Å². The Hall–Kier alpha value is -10.9. The second kappa shape index (κ2) is 22.3. The normalized spacial score (nSPS) is 14.3. The van der Waals surface area contributed by atoms with Gasteiger partial charge in [-0.2, -0.15) is 0 Å². The molecule has 2 unspecified atom stereocenters. The molecule has 3 aliphatic rings. The fourth-order valence-electron chi connectivity index (χ4n) is 11.6. The number of ether oxygens (including phenoxy) is 4. The first-order valence-electron chi connectivity index (χ1n) is 27.1. The van der Waals surface area contributed by atoms with Crippen molar-refractivity contribution < 1.29 is 68.1 Å². The number of phenols is 2. The van der Waals surface area contributed by atoms with Crippen molar-refractivity contribution in [2.75, 3.05) is 36.2 Å². The summed E-state index contributed by atoms with van der Waals surface area (Å²) in [7, 11) is 0. The number of rotatable bonds is 16. The number of aliphatic hydroxyl groups is 2. The first kappa shape index (κ1) is 55.6. The van der Waals surface area contributed by atoms with E-state index in [1.54, 1.807) is 97.1 Å². The molecule has 0 saturated heterocycles. The number of hydrogen-bond acceptors (Lipinski definition) is 14. The maximum atomic E-state index is 13.6. The van der Waals surface area contributed by atoms with Crippen LogP contribution < -0.4 is 19.3 Å². The van der Waals surface area contributed by atoms with Crippen molar-refractivity contribution in [2.45, 2.75) is 25.0 Å². The maximum Gasteiger partial charge on any atom is 0.338 e. The van der Waals surface area contributed by atoms with Crippen molar-refractivity contribution in [3.05, 3.63) is 262 Å². The number of esters is 2. The molecule has 10 aromatic rings. The lowest BCUT2D eigenvalue weighted by Gasteiger charge is -2.34. The molecule has 16 nitrogen and oxygen atoms in total. The van der Waals surface area contributed by atoms with E-state index in [-0.39, 0.29) is 65.5 Å². The molecule has 0 saturated carbocycles. The number of benzene rings is 10. The average Bonchev–Trinajstić information content (AvgIpc) is 1.57. The summed E-state index contributed by atoms with van der Waals surface area (Å²) in [5, 5.41) is 44.7. The number of hydrogen-bond donors (Lipinski definition) is 4. The third-order valence-electron chi connectivity index (χ3n) is 15.7. The molecular formula is C70H52N2O14. The number of carbonyl (C=O) groups excluding carboxylic acids is 6. The van der Waals surface area contributed by atoms with Crippen LogP contribution in [0.25, 0.3) is 32.7 Å². The molecule has 0 aromatic heterocycles. The Kier molecular flexibility index (Phi) is 14.4. The van der Waals surface area contributed by atoms with Gasteiger partial charge < -0.3 is 39.4 Å². The largest absolute Gasteiger partial charge is 0.507 e. The van der Waals surface area contributed by atoms with Crippen LogP contribution in [0.4, 0.5) is 11.4 Å². The summed E-state index contributed by atoms with van der Waals surface area (Å²) in [6.45, 7) is -1.29. The quantitative estimate of drug-likeness (QED) is 0.0521. The zero-order valence-corrected chi connectivity index (χ0v) is 44.9. The Morgan fingerprint density at radius 1 is 0.407 bits per heavy atom. The lowest BCUT2D eigenvalue weighted by atomic mass is 9.68. The van der Waals surface area contributed by atoms with Gasteiger partial charge in [0.15, 0.2) is 0 Å². The highest BCUT2D eigenvalue weighted by Crippen LogP contribution is 2.56. The van der Waals surface area contributed by atoms with Crippen LogP contribution >= 0.6 is 0 Å². The topological polar surface area (TPSA) is 227 Å². The molecule has 2 heterocycles. The van der Waals surface area contributed by atoms with Crippen molar-refractivity contribution in [2.24, 2.45) is 0 Å². The molecule has 0 bridgehead atoms. The predicted octanol–water partition coefficient (Wildman–Crippen LogP) is 11.2. The van der Waals surface area contributed by atoms with E-state index in [4.69, 9.17) is 18.9 Å². The average molecular weight is 1150 g/mol. The maximum absolute atomic E-state index is 13.6. The molecule has 0 fully saturated rings. The second-order valence-corrected chi connectivity index (χ2v) is 20.8. The molecule has 426 valence electrons. The summed E-state index contributed by atoms with van der Waals surface area (Å²) in [5.74, 6) is -2.96. The van der Waals surface area contributed by atoms with E-state index in [0.717, 1.165) is 43.2 Å². The number of aliphatic hydroxyl groups excluding tert-OH is 2. The fourth-order valence-corrected chi connectivity index (χ4v) is 11.6. The van der Waals surface area contributed by atoms with Gasteiger partial charge in [-0.05, 0) is 153 Å². The Labute approximate surface area is 491 Å². The number of anilines is 2. The minimum Gasteiger partial charge on any atom is -0.507 e. The van der Waals surface area contributed by atoms with E-state index in [1.807, 2.05) is 48.5 Å². The van der Waals surface area contributed by atoms with Gasteiger partial charge in [0.2, 0.25) is 0 Å². The summed E-state index contributed by atoms with van der Waals surface area (Å²) in [6, 6.07) is 59.2. The number of carbonyl (C=O) groups is 6. The fraction of sp³-hybridized carbons (Fsp3) is 0.114. The molecular weight excluding hydrogens is 1090 g/mol. The van der Waals surface area contributed by atoms with E-state index in [2.05, 4.69) is 24.3 Å². The first-order chi connectivity index (χ1) is 41.3. The summed E-state index contributed by atoms with van der Waals surface area (Å²) in [6.07, 6.45) is -2.46. The molecule has 16 heteroatoms. The van der Waals surface area contributed by atoms with E-state index < -0.39 is 66.4 Å². The zero-order chi connectivity index (χ0) is 58.7. The van der Waals surface area contributed by atoms with Crippen molar-refractivity contribution in [1.29, 1.82) is 0 Å². The van der Waals surface area contributed by atoms with Gasteiger partial charge in [-0.15, -0.1) is 0 Å². The monoisotopic (exact) mass is 1140 g/mol. The van der Waals surface area contributed by atoms with Crippen LogP contribution in [0.2, 0.25) is 0 Å². The molecule has 10 aromatic carbocycles. The van der Waals surface area contributed by atoms with E-state index in [0.29, 0.717) is 44.4 Å². The number of fused-ring (bicyclic) bond motifs is 7. The third kappa shape index (κ3) is 9.57. The zero-order valence-electron chi connectivity index (χ0n) is 44.9. The Balaban J connectivity index is 0.00000724. The second-order valence-electron chi connectivity index (χ2n) is 20.8. The Bertz CT molecular complexity index is 4140. The van der Waals surface area contributed by atoms with Crippen molar-refractivity contribution in [3.8, 4) is 34.1 Å². The number of nitrogens with zero attached hydrogens (tertiary/aromatic N) is 2. The van der Waals surface area contributed by atoms with Gasteiger partial charge in [-0.1, -0.05) is 104 Å². The molecule has 0 radical (unpaired) electrons. The van der Waals surface area contributed by atoms with E-state index in [1.165, 1.54) is 36.4 Å². The van der Waals surface area contributed by atoms with Crippen LogP contribution in [0, 0.1) is 0 Å². The van der Waals surface area contributed by atoms with Gasteiger partial charge in [-0.25, -0.2) is 19.4 Å². The molecule has 4 amide bonds. The molecule has 2 aliphatic heterocycles. The predicted molar refractivity (Wildman–Crippen MR) is 320 cm³/mol. The Morgan fingerprint density at radius 3 is 1.22 bits per heavy atom. The van der Waals surface area contributed by atoms with Crippen LogP contribution in [-0.2, 0) is 14.9 Å². The summed E-state index contributed by atoms with van der Waals surface area (Å²) in [4.78, 5) is 82.4. The standard InChI is InChI=1S/C69H48N2O14.CH4/c72-47(37-84-67(80)41-15-27-55-57(33-41)65(78)70(63(55)76)45-21-29-51-39(31-45)7-5-13-61(51)74)35-82-49-23-17-43(18-24-49)69(59-11-3-1-9-53(59)54-10-2-4-12-60(54)69)44-19-25-50(26-20-44)83-36-48(73)38-85-68(81)42-16-28-56-58(34-42)66(79)71(64(56)77)46-22-30-52-40(32-46)8-6-14-62(52)75;/h1-34,47-48,72-75H,35-38H2;1H4.